The van der Waals surface area contributed by atoms with Gasteiger partial charge in [0.25, 0.3) is 0 Å². The molecule has 0 saturated heterocycles. The molecule has 78 valence electrons. The largest absolute Gasteiger partial charge is 0.330 e. The van der Waals surface area contributed by atoms with Crippen molar-refractivity contribution >= 4 is 15.9 Å². The lowest BCUT2D eigenvalue weighted by Gasteiger charge is -2.23. The third kappa shape index (κ3) is 3.10. The van der Waals surface area contributed by atoms with E-state index >= 15 is 0 Å². The van der Waals surface area contributed by atoms with Gasteiger partial charge in [0, 0.05) is 4.47 Å². The van der Waals surface area contributed by atoms with Crippen LogP contribution in [-0.2, 0) is 6.42 Å². The Hall–Kier alpha value is -0.340. The highest BCUT2D eigenvalue weighted by Gasteiger charge is 2.17. The summed E-state index contributed by atoms with van der Waals surface area (Å²) in [5, 5.41) is 0. The second-order valence-electron chi connectivity index (χ2n) is 4.62. The van der Waals surface area contributed by atoms with E-state index in [1.807, 2.05) is 0 Å². The molecule has 0 unspecified atom stereocenters. The lowest BCUT2D eigenvalue weighted by Crippen LogP contribution is -2.26. The van der Waals surface area contributed by atoms with Crippen molar-refractivity contribution in [2.24, 2.45) is 11.1 Å². The molecule has 0 bridgehead atoms. The van der Waals surface area contributed by atoms with E-state index in [9.17, 15) is 0 Å². The molecule has 0 aliphatic rings. The first-order valence-electron chi connectivity index (χ1n) is 4.90. The maximum atomic E-state index is 5.73. The number of aryl methyl sites for hydroxylation is 1. The maximum Gasteiger partial charge on any atom is 0.0178 e. The van der Waals surface area contributed by atoms with Crippen molar-refractivity contribution in [3.8, 4) is 0 Å². The SMILES string of the molecule is Cc1ccc(Br)cc1CC(C)(C)CN. The van der Waals surface area contributed by atoms with Crippen LogP contribution in [0.2, 0.25) is 0 Å². The molecular weight excluding hydrogens is 238 g/mol. The molecule has 2 N–H and O–H groups in total. The molecule has 14 heavy (non-hydrogen) atoms. The Morgan fingerprint density at radius 3 is 2.57 bits per heavy atom. The number of nitrogens with two attached hydrogens (primary N) is 1. The van der Waals surface area contributed by atoms with E-state index in [0.717, 1.165) is 17.4 Å². The zero-order valence-electron chi connectivity index (χ0n) is 9.10. The Morgan fingerprint density at radius 2 is 2.00 bits per heavy atom. The monoisotopic (exact) mass is 255 g/mol. The minimum absolute atomic E-state index is 0.186. The van der Waals surface area contributed by atoms with E-state index in [0.29, 0.717) is 0 Å². The van der Waals surface area contributed by atoms with Gasteiger partial charge in [0.1, 0.15) is 0 Å². The summed E-state index contributed by atoms with van der Waals surface area (Å²) >= 11 is 3.49. The number of rotatable bonds is 3. The van der Waals surface area contributed by atoms with Crippen LogP contribution >= 0.6 is 15.9 Å². The van der Waals surface area contributed by atoms with Crippen molar-refractivity contribution < 1.29 is 0 Å². The fraction of sp³-hybridized carbons (Fsp3) is 0.500. The van der Waals surface area contributed by atoms with Crippen LogP contribution in [-0.4, -0.2) is 6.54 Å². The molecule has 0 fully saturated rings. The second kappa shape index (κ2) is 4.45. The van der Waals surface area contributed by atoms with Gasteiger partial charge >= 0.3 is 0 Å². The molecular formula is C12H18BrN. The van der Waals surface area contributed by atoms with Gasteiger partial charge in [-0.25, -0.2) is 0 Å². The van der Waals surface area contributed by atoms with Crippen LogP contribution in [0.1, 0.15) is 25.0 Å². The van der Waals surface area contributed by atoms with Crippen molar-refractivity contribution in [2.45, 2.75) is 27.2 Å². The van der Waals surface area contributed by atoms with Gasteiger partial charge < -0.3 is 5.73 Å². The van der Waals surface area contributed by atoms with Gasteiger partial charge in [0.05, 0.1) is 0 Å². The minimum atomic E-state index is 0.186. The summed E-state index contributed by atoms with van der Waals surface area (Å²) in [4.78, 5) is 0. The molecule has 0 spiro atoms. The van der Waals surface area contributed by atoms with E-state index in [4.69, 9.17) is 5.73 Å². The third-order valence-electron chi connectivity index (χ3n) is 2.53. The Kier molecular flexibility index (Phi) is 3.73. The normalized spacial score (nSPS) is 11.8. The molecule has 0 atom stereocenters. The van der Waals surface area contributed by atoms with Gasteiger partial charge in [-0.15, -0.1) is 0 Å². The molecule has 1 aromatic rings. The first-order valence-corrected chi connectivity index (χ1v) is 5.69. The van der Waals surface area contributed by atoms with Crippen molar-refractivity contribution in [1.82, 2.24) is 0 Å². The summed E-state index contributed by atoms with van der Waals surface area (Å²) in [6, 6.07) is 6.41. The highest BCUT2D eigenvalue weighted by atomic mass is 79.9. The second-order valence-corrected chi connectivity index (χ2v) is 5.53. The molecule has 0 radical (unpaired) electrons. The zero-order valence-corrected chi connectivity index (χ0v) is 10.7. The molecule has 0 saturated carbocycles. The summed E-state index contributed by atoms with van der Waals surface area (Å²) in [5.74, 6) is 0. The Morgan fingerprint density at radius 1 is 1.36 bits per heavy atom. The number of hydrogen-bond acceptors (Lipinski definition) is 1. The van der Waals surface area contributed by atoms with Crippen LogP contribution in [0.25, 0.3) is 0 Å². The van der Waals surface area contributed by atoms with Crippen molar-refractivity contribution in [3.63, 3.8) is 0 Å². The molecule has 0 amide bonds. The van der Waals surface area contributed by atoms with Crippen LogP contribution < -0.4 is 5.73 Å². The molecule has 0 aliphatic heterocycles. The standard InChI is InChI=1S/C12H18BrN/c1-9-4-5-11(13)6-10(9)7-12(2,3)8-14/h4-6H,7-8,14H2,1-3H3. The first kappa shape index (κ1) is 11.7. The lowest BCUT2D eigenvalue weighted by atomic mass is 9.84. The summed E-state index contributed by atoms with van der Waals surface area (Å²) < 4.78 is 1.14. The number of hydrogen-bond donors (Lipinski definition) is 1. The molecule has 1 nitrogen and oxygen atoms in total. The van der Waals surface area contributed by atoms with Crippen LogP contribution in [0, 0.1) is 12.3 Å². The molecule has 2 heteroatoms. The Bertz CT molecular complexity index is 318. The van der Waals surface area contributed by atoms with Crippen LogP contribution in [0.3, 0.4) is 0 Å². The smallest absolute Gasteiger partial charge is 0.0178 e. The van der Waals surface area contributed by atoms with E-state index < -0.39 is 0 Å². The topological polar surface area (TPSA) is 26.0 Å². The fourth-order valence-corrected chi connectivity index (χ4v) is 1.83. The van der Waals surface area contributed by atoms with E-state index in [-0.39, 0.29) is 5.41 Å². The van der Waals surface area contributed by atoms with Gasteiger partial charge in [-0.3, -0.25) is 0 Å². The number of halogens is 1. The lowest BCUT2D eigenvalue weighted by molar-refractivity contribution is 0.376. The quantitative estimate of drug-likeness (QED) is 0.882. The molecule has 1 rings (SSSR count). The highest BCUT2D eigenvalue weighted by Crippen LogP contribution is 2.24. The van der Waals surface area contributed by atoms with Crippen LogP contribution in [0.15, 0.2) is 22.7 Å². The molecule has 0 aromatic heterocycles. The molecule has 0 aliphatic carbocycles. The minimum Gasteiger partial charge on any atom is -0.330 e. The fourth-order valence-electron chi connectivity index (χ4n) is 1.42. The van der Waals surface area contributed by atoms with Crippen molar-refractivity contribution in [2.75, 3.05) is 6.54 Å². The van der Waals surface area contributed by atoms with E-state index in [2.05, 4.69) is 54.9 Å². The van der Waals surface area contributed by atoms with Crippen LogP contribution in [0.5, 0.6) is 0 Å². The van der Waals surface area contributed by atoms with Crippen molar-refractivity contribution in [1.29, 1.82) is 0 Å². The Labute approximate surface area is 94.8 Å². The Balaban J connectivity index is 2.91. The first-order chi connectivity index (χ1) is 6.44. The van der Waals surface area contributed by atoms with Gasteiger partial charge in [-0.2, -0.15) is 0 Å². The highest BCUT2D eigenvalue weighted by molar-refractivity contribution is 9.10. The molecule has 1 aromatic carbocycles. The average molecular weight is 256 g/mol. The van der Waals surface area contributed by atoms with Gasteiger partial charge in [-0.05, 0) is 48.6 Å². The average Bonchev–Trinajstić information content (AvgIpc) is 2.11. The summed E-state index contributed by atoms with van der Waals surface area (Å²) in [5.41, 5.74) is 8.64. The predicted octanol–water partition coefficient (Wildman–Crippen LogP) is 3.28. The third-order valence-corrected chi connectivity index (χ3v) is 3.03. The van der Waals surface area contributed by atoms with Crippen LogP contribution in [0.4, 0.5) is 0 Å². The van der Waals surface area contributed by atoms with E-state index in [1.54, 1.807) is 0 Å². The zero-order chi connectivity index (χ0) is 10.8. The van der Waals surface area contributed by atoms with Crippen molar-refractivity contribution in [3.05, 3.63) is 33.8 Å². The summed E-state index contributed by atoms with van der Waals surface area (Å²) in [6.07, 6.45) is 1.04. The maximum absolute atomic E-state index is 5.73. The number of benzene rings is 1. The van der Waals surface area contributed by atoms with Gasteiger partial charge in [-0.1, -0.05) is 35.8 Å². The molecule has 0 heterocycles. The van der Waals surface area contributed by atoms with E-state index in [1.165, 1.54) is 11.1 Å². The summed E-state index contributed by atoms with van der Waals surface area (Å²) in [7, 11) is 0. The van der Waals surface area contributed by atoms with Gasteiger partial charge in [0.2, 0.25) is 0 Å². The van der Waals surface area contributed by atoms with Gasteiger partial charge in [0.15, 0.2) is 0 Å². The summed E-state index contributed by atoms with van der Waals surface area (Å²) in [6.45, 7) is 7.27. The predicted molar refractivity (Wildman–Crippen MR) is 65.4 cm³/mol.